The summed E-state index contributed by atoms with van der Waals surface area (Å²) >= 11 is 0. The maximum Gasteiger partial charge on any atom is 0.343 e. The number of nitrogens with zero attached hydrogens (tertiary/aromatic N) is 1. The molecule has 0 saturated carbocycles. The van der Waals surface area contributed by atoms with Crippen LogP contribution in [0.4, 0.5) is 0 Å². The van der Waals surface area contributed by atoms with E-state index in [1.54, 1.807) is 48.5 Å². The van der Waals surface area contributed by atoms with Crippen molar-refractivity contribution in [1.29, 1.82) is 5.26 Å². The zero-order chi connectivity index (χ0) is 42.5. The number of carbonyl (C=O) groups is 5. The maximum atomic E-state index is 13.3. The van der Waals surface area contributed by atoms with Gasteiger partial charge in [0.25, 0.3) is 0 Å². The van der Waals surface area contributed by atoms with Gasteiger partial charge >= 0.3 is 29.8 Å². The molecule has 0 aliphatic heterocycles. The minimum Gasteiger partial charge on any atom is -0.494 e. The van der Waals surface area contributed by atoms with E-state index in [-0.39, 0.29) is 34.8 Å². The third-order valence-corrected chi connectivity index (χ3v) is 8.62. The first-order chi connectivity index (χ1) is 28.7. The van der Waals surface area contributed by atoms with E-state index in [4.69, 9.17) is 38.4 Å². The molecule has 0 amide bonds. The number of unbranched alkanes of at least 4 members (excludes halogenated alkanes) is 10. The van der Waals surface area contributed by atoms with E-state index in [2.05, 4.69) is 19.2 Å². The highest BCUT2D eigenvalue weighted by Gasteiger charge is 2.21. The Labute approximate surface area is 345 Å². The van der Waals surface area contributed by atoms with E-state index < -0.39 is 29.8 Å². The highest BCUT2D eigenvalue weighted by atomic mass is 16.6. The summed E-state index contributed by atoms with van der Waals surface area (Å²) in [5.74, 6) is -1.91. The molecule has 3 aromatic carbocycles. The summed E-state index contributed by atoms with van der Waals surface area (Å²) in [7, 11) is 0. The summed E-state index contributed by atoms with van der Waals surface area (Å²) in [4.78, 5) is 61.7. The minimum absolute atomic E-state index is 0.0375. The van der Waals surface area contributed by atoms with Crippen molar-refractivity contribution in [2.45, 2.75) is 83.5 Å². The highest BCUT2D eigenvalue weighted by Crippen LogP contribution is 2.28. The molecule has 0 fully saturated rings. The summed E-state index contributed by atoms with van der Waals surface area (Å²) in [6.45, 7) is 8.50. The Morgan fingerprint density at radius 1 is 0.492 bits per heavy atom. The van der Waals surface area contributed by atoms with Gasteiger partial charge in [0.15, 0.2) is 0 Å². The molecule has 0 spiro atoms. The summed E-state index contributed by atoms with van der Waals surface area (Å²) in [6, 6.07) is 19.0. The summed E-state index contributed by atoms with van der Waals surface area (Å²) in [6.07, 6.45) is 12.4. The zero-order valence-corrected chi connectivity index (χ0v) is 33.5. The lowest BCUT2D eigenvalue weighted by Gasteiger charge is -2.13. The van der Waals surface area contributed by atoms with Gasteiger partial charge in [-0.25, -0.2) is 24.0 Å². The second-order valence-electron chi connectivity index (χ2n) is 13.2. The average Bonchev–Trinajstić information content (AvgIpc) is 3.25. The topological polar surface area (TPSA) is 174 Å². The van der Waals surface area contributed by atoms with Crippen molar-refractivity contribution >= 4 is 29.8 Å². The van der Waals surface area contributed by atoms with Gasteiger partial charge in [-0.2, -0.15) is 5.26 Å². The Balaban J connectivity index is 1.55. The van der Waals surface area contributed by atoms with Crippen molar-refractivity contribution in [3.05, 3.63) is 109 Å². The fourth-order valence-corrected chi connectivity index (χ4v) is 5.38. The lowest BCUT2D eigenvalue weighted by molar-refractivity contribution is -0.138. The molecule has 0 unspecified atom stereocenters. The SMILES string of the molecule is C=CC(=O)OCCCCCCOc1ccc(C(=O)Oc2ccc(OC(=O)c3ccc(OCCCCCCOC(=O)C=C)cc3)c(C(=O)OCCCCCCC#N)c2)cc1. The molecule has 0 saturated heterocycles. The number of nitriles is 1. The minimum atomic E-state index is -0.762. The van der Waals surface area contributed by atoms with E-state index in [1.807, 2.05) is 0 Å². The first kappa shape index (κ1) is 47.0. The number of rotatable bonds is 29. The number of ether oxygens (including phenoxy) is 7. The van der Waals surface area contributed by atoms with Gasteiger partial charge in [0.2, 0.25) is 0 Å². The van der Waals surface area contributed by atoms with Gasteiger partial charge in [0.05, 0.1) is 50.2 Å². The maximum absolute atomic E-state index is 13.3. The van der Waals surface area contributed by atoms with Crippen LogP contribution in [-0.2, 0) is 23.8 Å². The Morgan fingerprint density at radius 2 is 0.915 bits per heavy atom. The van der Waals surface area contributed by atoms with Crippen LogP contribution in [0.5, 0.6) is 23.0 Å². The molecule has 0 N–H and O–H groups in total. The molecule has 0 radical (unpaired) electrons. The van der Waals surface area contributed by atoms with E-state index in [9.17, 15) is 24.0 Å². The lowest BCUT2D eigenvalue weighted by atomic mass is 10.1. The largest absolute Gasteiger partial charge is 0.494 e. The molecule has 0 aliphatic rings. The van der Waals surface area contributed by atoms with Gasteiger partial charge in [0.1, 0.15) is 28.6 Å². The first-order valence-electron chi connectivity index (χ1n) is 19.9. The van der Waals surface area contributed by atoms with Crippen LogP contribution in [0.15, 0.2) is 92.0 Å². The van der Waals surface area contributed by atoms with Gasteiger partial charge < -0.3 is 33.2 Å². The molecule has 3 rings (SSSR count). The Bertz CT molecular complexity index is 1850. The van der Waals surface area contributed by atoms with Crippen LogP contribution in [-0.4, -0.2) is 62.9 Å². The molecule has 314 valence electrons. The molecule has 0 atom stereocenters. The number of hydrogen-bond donors (Lipinski definition) is 0. The second-order valence-corrected chi connectivity index (χ2v) is 13.2. The van der Waals surface area contributed by atoms with Crippen molar-refractivity contribution in [3.63, 3.8) is 0 Å². The second kappa shape index (κ2) is 28.1. The van der Waals surface area contributed by atoms with Crippen molar-refractivity contribution in [3.8, 4) is 29.1 Å². The lowest BCUT2D eigenvalue weighted by Crippen LogP contribution is -2.14. The highest BCUT2D eigenvalue weighted by molar-refractivity contribution is 5.97. The zero-order valence-electron chi connectivity index (χ0n) is 33.5. The molecule has 13 heteroatoms. The number of benzene rings is 3. The molecule has 0 aliphatic carbocycles. The third kappa shape index (κ3) is 19.1. The molecular weight excluding hydrogens is 759 g/mol. The quantitative estimate of drug-likeness (QED) is 0.0214. The Hall–Kier alpha value is -6.42. The van der Waals surface area contributed by atoms with Gasteiger partial charge in [-0.05, 0) is 131 Å². The van der Waals surface area contributed by atoms with Crippen molar-refractivity contribution in [1.82, 2.24) is 0 Å². The Morgan fingerprint density at radius 3 is 1.39 bits per heavy atom. The van der Waals surface area contributed by atoms with Gasteiger partial charge in [-0.1, -0.05) is 26.0 Å². The molecule has 59 heavy (non-hydrogen) atoms. The van der Waals surface area contributed by atoms with Crippen LogP contribution >= 0.6 is 0 Å². The number of esters is 5. The van der Waals surface area contributed by atoms with Crippen LogP contribution in [0.2, 0.25) is 0 Å². The van der Waals surface area contributed by atoms with E-state index in [0.717, 1.165) is 82.8 Å². The van der Waals surface area contributed by atoms with Crippen LogP contribution in [0, 0.1) is 11.3 Å². The third-order valence-electron chi connectivity index (χ3n) is 8.62. The Kier molecular flexibility index (Phi) is 22.3. The normalized spacial score (nSPS) is 10.4. The average molecular weight is 812 g/mol. The van der Waals surface area contributed by atoms with Gasteiger partial charge in [-0.15, -0.1) is 0 Å². The standard InChI is InChI=1S/C46H53NO12/c1-3-42(48)55-31-15-10-8-13-29-53-37-22-18-35(19-23-37)44(50)58-39-26-27-41(40(34-39)46(52)57-33-17-7-5-6-12-28-47)59-45(51)36-20-24-38(25-21-36)54-30-14-9-11-16-32-56-43(49)4-2/h3-4,18-27,34H,1-2,5-17,29-33H2. The first-order valence-corrected chi connectivity index (χ1v) is 19.9. The summed E-state index contributed by atoms with van der Waals surface area (Å²) in [5.41, 5.74) is 0.363. The predicted molar refractivity (Wildman–Crippen MR) is 218 cm³/mol. The molecular formula is C46H53NO12. The molecule has 0 heterocycles. The van der Waals surface area contributed by atoms with Crippen molar-refractivity contribution in [2.75, 3.05) is 33.0 Å². The van der Waals surface area contributed by atoms with E-state index in [1.165, 1.54) is 18.2 Å². The monoisotopic (exact) mass is 811 g/mol. The van der Waals surface area contributed by atoms with Crippen LogP contribution in [0.3, 0.4) is 0 Å². The predicted octanol–water partition coefficient (Wildman–Crippen LogP) is 9.09. The van der Waals surface area contributed by atoms with E-state index >= 15 is 0 Å². The number of hydrogen-bond acceptors (Lipinski definition) is 13. The van der Waals surface area contributed by atoms with Crippen LogP contribution in [0.25, 0.3) is 0 Å². The summed E-state index contributed by atoms with van der Waals surface area (Å²) < 4.78 is 38.2. The van der Waals surface area contributed by atoms with E-state index in [0.29, 0.717) is 50.8 Å². The van der Waals surface area contributed by atoms with Crippen LogP contribution < -0.4 is 18.9 Å². The van der Waals surface area contributed by atoms with Gasteiger partial charge in [-0.3, -0.25) is 0 Å². The van der Waals surface area contributed by atoms with Crippen molar-refractivity contribution in [2.24, 2.45) is 0 Å². The molecule has 0 aromatic heterocycles. The van der Waals surface area contributed by atoms with Gasteiger partial charge in [0, 0.05) is 18.6 Å². The van der Waals surface area contributed by atoms with Crippen molar-refractivity contribution < 1.29 is 57.1 Å². The molecule has 0 bridgehead atoms. The smallest absolute Gasteiger partial charge is 0.343 e. The molecule has 13 nitrogen and oxygen atoms in total. The fraction of sp³-hybridized carbons (Fsp3) is 0.391. The molecule has 3 aromatic rings. The fourth-order valence-electron chi connectivity index (χ4n) is 5.38. The number of carbonyl (C=O) groups excluding carboxylic acids is 5. The van der Waals surface area contributed by atoms with Crippen LogP contribution in [0.1, 0.15) is 115 Å². The summed E-state index contributed by atoms with van der Waals surface area (Å²) in [5, 5.41) is 8.74.